The Labute approximate surface area is 373 Å². The third kappa shape index (κ3) is 14.4. The minimum absolute atomic E-state index is 0.195. The first-order valence-electron chi connectivity index (χ1n) is 23.4. The molecule has 0 aliphatic heterocycles. The average Bonchev–Trinajstić information content (AvgIpc) is 3.30. The van der Waals surface area contributed by atoms with Gasteiger partial charge in [-0.2, -0.15) is 0 Å². The van der Waals surface area contributed by atoms with Gasteiger partial charge in [-0.1, -0.05) is 171 Å². The van der Waals surface area contributed by atoms with E-state index in [0.29, 0.717) is 11.5 Å². The van der Waals surface area contributed by atoms with Crippen LogP contribution in [0.3, 0.4) is 0 Å². The van der Waals surface area contributed by atoms with Crippen molar-refractivity contribution in [2.75, 3.05) is 26.7 Å². The van der Waals surface area contributed by atoms with Crippen LogP contribution in [0.2, 0.25) is 0 Å². The third-order valence-corrected chi connectivity index (χ3v) is 12.9. The lowest BCUT2D eigenvalue weighted by Gasteiger charge is -2.51. The van der Waals surface area contributed by atoms with E-state index in [1.165, 1.54) is 22.3 Å². The van der Waals surface area contributed by atoms with Gasteiger partial charge in [0.05, 0.1) is 0 Å². The van der Waals surface area contributed by atoms with Crippen LogP contribution in [0.5, 0.6) is 11.5 Å². The molecule has 0 aliphatic carbocycles. The van der Waals surface area contributed by atoms with Crippen LogP contribution in [0.1, 0.15) is 91.2 Å². The fourth-order valence-corrected chi connectivity index (χ4v) is 9.73. The van der Waals surface area contributed by atoms with E-state index in [4.69, 9.17) is 0 Å². The van der Waals surface area contributed by atoms with Crippen LogP contribution in [0.25, 0.3) is 0 Å². The van der Waals surface area contributed by atoms with E-state index in [-0.39, 0.29) is 17.5 Å². The molecule has 0 radical (unpaired) electrons. The number of phenols is 2. The molecule has 0 fully saturated rings. The third-order valence-electron chi connectivity index (χ3n) is 12.9. The molecule has 5 nitrogen and oxygen atoms in total. The Kier molecular flexibility index (Phi) is 19.2. The van der Waals surface area contributed by atoms with Crippen LogP contribution >= 0.6 is 0 Å². The molecule has 3 unspecified atom stereocenters. The van der Waals surface area contributed by atoms with Crippen LogP contribution < -0.4 is 10.6 Å². The fraction of sp³-hybridized carbons (Fsp3) is 0.368. The number of likely N-dealkylation sites (N-methyl/N-ethyl adjacent to an activating group) is 1. The van der Waals surface area contributed by atoms with Gasteiger partial charge >= 0.3 is 0 Å². The second-order valence-electron chi connectivity index (χ2n) is 17.3. The van der Waals surface area contributed by atoms with E-state index >= 15 is 0 Å². The second-order valence-corrected chi connectivity index (χ2v) is 17.3. The summed E-state index contributed by atoms with van der Waals surface area (Å²) in [7, 11) is 2.38. The predicted octanol–water partition coefficient (Wildman–Crippen LogP) is 11.9. The van der Waals surface area contributed by atoms with Gasteiger partial charge in [0, 0.05) is 24.0 Å². The largest absolute Gasteiger partial charge is 0.508 e. The molecule has 0 heterocycles. The lowest BCUT2D eigenvalue weighted by Crippen LogP contribution is -2.60. The van der Waals surface area contributed by atoms with Crippen LogP contribution in [0.4, 0.5) is 0 Å². The minimum Gasteiger partial charge on any atom is -0.508 e. The van der Waals surface area contributed by atoms with E-state index in [0.717, 1.165) is 121 Å². The molecule has 3 atom stereocenters. The fourth-order valence-electron chi connectivity index (χ4n) is 9.73. The first kappa shape index (κ1) is 46.3. The summed E-state index contributed by atoms with van der Waals surface area (Å²) < 4.78 is 0. The van der Waals surface area contributed by atoms with Crippen molar-refractivity contribution in [1.29, 1.82) is 0 Å². The number of benzene rings is 6. The van der Waals surface area contributed by atoms with E-state index in [2.05, 4.69) is 150 Å². The summed E-state index contributed by atoms with van der Waals surface area (Å²) >= 11 is 0. The van der Waals surface area contributed by atoms with Crippen LogP contribution in [-0.2, 0) is 37.6 Å². The summed E-state index contributed by atoms with van der Waals surface area (Å²) in [5.74, 6) is 0.702. The second kappa shape index (κ2) is 25.7. The van der Waals surface area contributed by atoms with E-state index < -0.39 is 0 Å². The summed E-state index contributed by atoms with van der Waals surface area (Å²) in [5.41, 5.74) is 7.54. The van der Waals surface area contributed by atoms with Crippen molar-refractivity contribution in [2.45, 2.75) is 108 Å². The van der Waals surface area contributed by atoms with Crippen molar-refractivity contribution in [3.63, 3.8) is 0 Å². The Balaban J connectivity index is 1.33. The summed E-state index contributed by atoms with van der Waals surface area (Å²) in [6, 6.07) is 60.4. The Hall–Kier alpha value is -5.20. The number of rotatable bonds is 28. The highest BCUT2D eigenvalue weighted by molar-refractivity contribution is 5.33. The molecule has 0 saturated carbocycles. The molecule has 0 aliphatic rings. The SMILES string of the molecule is CN(Cc1ccccc1)C(CCCCc1ccccc1)C(CCCCNCCc1ccccc1O)(c1ccccc1)C(CCCCc1ccccc1)NCCc1cccc(O)c1. The number of nitrogens with one attached hydrogen (secondary N) is 2. The highest BCUT2D eigenvalue weighted by Crippen LogP contribution is 2.44. The van der Waals surface area contributed by atoms with Crippen LogP contribution in [0, 0.1) is 0 Å². The van der Waals surface area contributed by atoms with Gasteiger partial charge in [-0.15, -0.1) is 0 Å². The van der Waals surface area contributed by atoms with Crippen molar-refractivity contribution in [2.24, 2.45) is 0 Å². The van der Waals surface area contributed by atoms with E-state index in [1.807, 2.05) is 30.3 Å². The van der Waals surface area contributed by atoms with Crippen molar-refractivity contribution in [3.8, 4) is 11.5 Å². The molecule has 0 aromatic heterocycles. The van der Waals surface area contributed by atoms with Crippen molar-refractivity contribution < 1.29 is 10.2 Å². The lowest BCUT2D eigenvalue weighted by molar-refractivity contribution is 0.0795. The number of aryl methyl sites for hydroxylation is 2. The van der Waals surface area contributed by atoms with Gasteiger partial charge in [-0.3, -0.25) is 4.90 Å². The number of phenolic OH excluding ortho intramolecular Hbond substituents is 2. The van der Waals surface area contributed by atoms with Crippen molar-refractivity contribution in [3.05, 3.63) is 203 Å². The van der Waals surface area contributed by atoms with Gasteiger partial charge in [0.2, 0.25) is 0 Å². The van der Waals surface area contributed by atoms with Gasteiger partial charge < -0.3 is 20.8 Å². The molecule has 62 heavy (non-hydrogen) atoms. The zero-order valence-corrected chi connectivity index (χ0v) is 37.2. The molecule has 0 saturated heterocycles. The summed E-state index contributed by atoms with van der Waals surface area (Å²) in [5, 5.41) is 28.7. The number of nitrogens with zero attached hydrogens (tertiary/aromatic N) is 1. The smallest absolute Gasteiger partial charge is 0.118 e. The Bertz CT molecular complexity index is 2100. The van der Waals surface area contributed by atoms with Crippen molar-refractivity contribution in [1.82, 2.24) is 15.5 Å². The molecular formula is C57H71N3O2. The normalized spacial score (nSPS) is 13.5. The van der Waals surface area contributed by atoms with Crippen LogP contribution in [-0.4, -0.2) is 53.9 Å². The zero-order valence-electron chi connectivity index (χ0n) is 37.2. The molecule has 6 aromatic carbocycles. The maximum Gasteiger partial charge on any atom is 0.118 e. The van der Waals surface area contributed by atoms with Gasteiger partial charge in [-0.25, -0.2) is 0 Å². The average molecular weight is 830 g/mol. The quantitative estimate of drug-likeness (QED) is 0.0371. The zero-order chi connectivity index (χ0) is 43.1. The van der Waals surface area contributed by atoms with Crippen molar-refractivity contribution >= 4 is 0 Å². The summed E-state index contributed by atoms with van der Waals surface area (Å²) in [6.07, 6.45) is 13.8. The summed E-state index contributed by atoms with van der Waals surface area (Å²) in [4.78, 5) is 2.70. The first-order chi connectivity index (χ1) is 30.5. The molecule has 6 rings (SSSR count). The number of hydrogen-bond donors (Lipinski definition) is 4. The number of hydrogen-bond acceptors (Lipinski definition) is 5. The molecular weight excluding hydrogens is 759 g/mol. The monoisotopic (exact) mass is 830 g/mol. The molecule has 5 heteroatoms. The Morgan fingerprint density at radius 2 is 1.08 bits per heavy atom. The standard InChI is InChI=1S/C57H71N3O2/c1-60(46-50-29-10-4-11-30-50)56(38-19-15-28-48-25-8-3-9-26-48)57(52-33-12-5-13-34-52,41-20-21-42-58-43-40-51-32-16-17-36-54(51)62)55(37-18-14-27-47-23-6-2-7-24-47)59-44-39-49-31-22-35-53(61)45-49/h2-13,16-17,22-26,29-36,45,55-56,58-59,61-62H,14-15,18-21,27-28,37-44,46H2,1H3. The maximum absolute atomic E-state index is 10.4. The Morgan fingerprint density at radius 3 is 1.73 bits per heavy atom. The van der Waals surface area contributed by atoms with E-state index in [1.54, 1.807) is 12.1 Å². The van der Waals surface area contributed by atoms with Crippen LogP contribution in [0.15, 0.2) is 170 Å². The van der Waals surface area contributed by atoms with Gasteiger partial charge in [0.25, 0.3) is 0 Å². The molecule has 4 N–H and O–H groups in total. The lowest BCUT2D eigenvalue weighted by atomic mass is 9.62. The van der Waals surface area contributed by atoms with Gasteiger partial charge in [0.1, 0.15) is 11.5 Å². The topological polar surface area (TPSA) is 67.8 Å². The number of unbranched alkanes of at least 4 members (excludes halogenated alkanes) is 3. The molecule has 0 amide bonds. The molecule has 0 spiro atoms. The highest BCUT2D eigenvalue weighted by Gasteiger charge is 2.47. The highest BCUT2D eigenvalue weighted by atomic mass is 16.3. The van der Waals surface area contributed by atoms with E-state index in [9.17, 15) is 10.2 Å². The number of para-hydroxylation sites is 1. The molecule has 326 valence electrons. The van der Waals surface area contributed by atoms with Gasteiger partial charge in [0.15, 0.2) is 0 Å². The minimum atomic E-state index is -0.195. The number of aromatic hydroxyl groups is 2. The first-order valence-corrected chi connectivity index (χ1v) is 23.4. The summed E-state index contributed by atoms with van der Waals surface area (Å²) in [6.45, 7) is 3.49. The molecule has 0 bridgehead atoms. The predicted molar refractivity (Wildman–Crippen MR) is 260 cm³/mol. The molecule has 6 aromatic rings. The van der Waals surface area contributed by atoms with Gasteiger partial charge in [-0.05, 0) is 142 Å². The Morgan fingerprint density at radius 1 is 0.500 bits per heavy atom. The maximum atomic E-state index is 10.4.